The zero-order valence-corrected chi connectivity index (χ0v) is 13.5. The fourth-order valence-electron chi connectivity index (χ4n) is 1.87. The Labute approximate surface area is 144 Å². The van der Waals surface area contributed by atoms with Crippen LogP contribution < -0.4 is 34.7 Å². The van der Waals surface area contributed by atoms with Crippen LogP contribution in [0, 0.1) is 0 Å². The van der Waals surface area contributed by atoms with E-state index >= 15 is 0 Å². The molecule has 2 rings (SSSR count). The molecule has 0 saturated heterocycles. The van der Waals surface area contributed by atoms with Crippen LogP contribution in [-0.2, 0) is 0 Å². The first-order valence-electron chi connectivity index (χ1n) is 6.01. The Balaban J connectivity index is 0.00000220. The smallest absolute Gasteiger partial charge is 0.545 e. The molecule has 0 heterocycles. The van der Waals surface area contributed by atoms with Crippen molar-refractivity contribution < 1.29 is 49.0 Å². The summed E-state index contributed by atoms with van der Waals surface area (Å²) in [6.07, 6.45) is -0.367. The molecule has 2 aromatic rings. The first-order chi connectivity index (χ1) is 9.59. The topological polar surface area (TPSA) is 74.3 Å². The molecule has 0 unspecified atom stereocenters. The van der Waals surface area contributed by atoms with Crippen molar-refractivity contribution in [3.8, 4) is 0 Å². The van der Waals surface area contributed by atoms with Crippen molar-refractivity contribution in [2.75, 3.05) is 0 Å². The van der Waals surface area contributed by atoms with Crippen LogP contribution in [0.15, 0.2) is 54.6 Å². The molecule has 0 bridgehead atoms. The molecular weight excluding hydrogens is 279 g/mol. The maximum Gasteiger partial charge on any atom is 1.00 e. The van der Waals surface area contributed by atoms with Gasteiger partial charge in [0.15, 0.2) is 11.6 Å². The molecule has 0 saturated carbocycles. The molecule has 0 aromatic heterocycles. The van der Waals surface area contributed by atoms with Crippen LogP contribution in [0.1, 0.15) is 37.5 Å². The molecule has 0 fully saturated rings. The van der Waals surface area contributed by atoms with Crippen molar-refractivity contribution in [1.29, 1.82) is 0 Å². The largest absolute Gasteiger partial charge is 1.00 e. The first-order valence-corrected chi connectivity index (χ1v) is 6.01. The molecular formula is C16H11NaO4. The number of carboxylic acids is 1. The van der Waals surface area contributed by atoms with E-state index < -0.39 is 11.8 Å². The molecule has 0 radical (unpaired) electrons. The monoisotopic (exact) mass is 290 g/mol. The zero-order valence-electron chi connectivity index (χ0n) is 11.5. The Hall–Kier alpha value is -1.75. The van der Waals surface area contributed by atoms with E-state index in [0.29, 0.717) is 5.56 Å². The third kappa shape index (κ3) is 4.36. The molecule has 5 heteroatoms. The van der Waals surface area contributed by atoms with Gasteiger partial charge in [-0.15, -0.1) is 0 Å². The fourth-order valence-corrected chi connectivity index (χ4v) is 1.87. The second-order valence-corrected chi connectivity index (χ2v) is 4.22. The summed E-state index contributed by atoms with van der Waals surface area (Å²) in [7, 11) is 0. The number of hydrogen-bond donors (Lipinski definition) is 0. The van der Waals surface area contributed by atoms with Crippen LogP contribution in [0.25, 0.3) is 0 Å². The molecule has 0 aliphatic rings. The maximum absolute atomic E-state index is 12.0. The minimum atomic E-state index is -1.43. The molecule has 4 nitrogen and oxygen atoms in total. The molecule has 100 valence electrons. The van der Waals surface area contributed by atoms with Crippen LogP contribution in [0.2, 0.25) is 0 Å². The molecule has 0 amide bonds. The molecule has 21 heavy (non-hydrogen) atoms. The standard InChI is InChI=1S/C16H12O4.Na/c17-14(11-6-2-1-3-7-11)10-15(18)12-8-4-5-9-13(12)16(19)20;/h1-9H,10H2,(H,19,20);/q;+1/p-1. The Morgan fingerprint density at radius 3 is 1.86 bits per heavy atom. The summed E-state index contributed by atoms with van der Waals surface area (Å²) >= 11 is 0. The molecule has 0 spiro atoms. The van der Waals surface area contributed by atoms with Crippen molar-refractivity contribution in [1.82, 2.24) is 0 Å². The molecule has 0 atom stereocenters. The summed E-state index contributed by atoms with van der Waals surface area (Å²) in [5.74, 6) is -2.30. The van der Waals surface area contributed by atoms with Gasteiger partial charge in [0.05, 0.1) is 12.4 Å². The normalized spacial score (nSPS) is 9.52. The number of rotatable bonds is 5. The number of Topliss-reactive ketones (excluding diaryl/α,β-unsaturated/α-hetero) is 2. The Morgan fingerprint density at radius 1 is 0.762 bits per heavy atom. The van der Waals surface area contributed by atoms with E-state index in [2.05, 4.69) is 0 Å². The minimum Gasteiger partial charge on any atom is -0.545 e. The van der Waals surface area contributed by atoms with E-state index in [4.69, 9.17) is 0 Å². The van der Waals surface area contributed by atoms with Gasteiger partial charge >= 0.3 is 29.6 Å². The van der Waals surface area contributed by atoms with Crippen LogP contribution in [-0.4, -0.2) is 17.5 Å². The van der Waals surface area contributed by atoms with Gasteiger partial charge in [-0.2, -0.15) is 0 Å². The molecule has 0 aliphatic carbocycles. The number of hydrogen-bond acceptors (Lipinski definition) is 4. The van der Waals surface area contributed by atoms with E-state index in [9.17, 15) is 19.5 Å². The van der Waals surface area contributed by atoms with Gasteiger partial charge < -0.3 is 9.90 Å². The van der Waals surface area contributed by atoms with Crippen LogP contribution in [0.3, 0.4) is 0 Å². The van der Waals surface area contributed by atoms with Gasteiger partial charge in [0.25, 0.3) is 0 Å². The molecule has 2 aromatic carbocycles. The third-order valence-electron chi connectivity index (χ3n) is 2.86. The van der Waals surface area contributed by atoms with Crippen molar-refractivity contribution in [3.63, 3.8) is 0 Å². The molecule has 0 N–H and O–H groups in total. The van der Waals surface area contributed by atoms with E-state index in [1.807, 2.05) is 0 Å². The number of ketones is 2. The predicted octanol–water partition coefficient (Wildman–Crippen LogP) is -1.49. The van der Waals surface area contributed by atoms with Crippen LogP contribution in [0.4, 0.5) is 0 Å². The predicted molar refractivity (Wildman–Crippen MR) is 70.5 cm³/mol. The number of carbonyl (C=O) groups is 3. The molecule has 0 aliphatic heterocycles. The van der Waals surface area contributed by atoms with Gasteiger partial charge in [-0.1, -0.05) is 54.6 Å². The SMILES string of the molecule is O=C(CC(=O)c1ccccc1C(=O)[O-])c1ccccc1.[Na+]. The first kappa shape index (κ1) is 17.3. The minimum absolute atomic E-state index is 0. The van der Waals surface area contributed by atoms with Crippen LogP contribution in [0.5, 0.6) is 0 Å². The Morgan fingerprint density at radius 2 is 1.29 bits per heavy atom. The number of carboxylic acid groups (broad SMARTS) is 1. The van der Waals surface area contributed by atoms with E-state index in [1.165, 1.54) is 18.2 Å². The van der Waals surface area contributed by atoms with Gasteiger partial charge in [0.2, 0.25) is 0 Å². The quantitative estimate of drug-likeness (QED) is 0.382. The average Bonchev–Trinajstić information content (AvgIpc) is 2.48. The second kappa shape index (κ2) is 7.88. The summed E-state index contributed by atoms with van der Waals surface area (Å²) in [4.78, 5) is 34.9. The van der Waals surface area contributed by atoms with Gasteiger partial charge in [0.1, 0.15) is 0 Å². The Bertz CT molecular complexity index is 665. The maximum atomic E-state index is 12.0. The summed E-state index contributed by atoms with van der Waals surface area (Å²) in [6, 6.07) is 14.1. The zero-order chi connectivity index (χ0) is 14.5. The summed E-state index contributed by atoms with van der Waals surface area (Å²) in [5, 5.41) is 10.9. The van der Waals surface area contributed by atoms with E-state index in [1.54, 1.807) is 36.4 Å². The number of aromatic carboxylic acids is 1. The van der Waals surface area contributed by atoms with Gasteiger partial charge in [-0.05, 0) is 0 Å². The van der Waals surface area contributed by atoms with Crippen molar-refractivity contribution in [2.24, 2.45) is 0 Å². The number of carbonyl (C=O) groups excluding carboxylic acids is 3. The fraction of sp³-hybridized carbons (Fsp3) is 0.0625. The summed E-state index contributed by atoms with van der Waals surface area (Å²) in [6.45, 7) is 0. The van der Waals surface area contributed by atoms with Gasteiger partial charge in [0, 0.05) is 16.7 Å². The van der Waals surface area contributed by atoms with Gasteiger partial charge in [-0.25, -0.2) is 0 Å². The van der Waals surface area contributed by atoms with Crippen molar-refractivity contribution in [2.45, 2.75) is 6.42 Å². The third-order valence-corrected chi connectivity index (χ3v) is 2.86. The second-order valence-electron chi connectivity index (χ2n) is 4.22. The average molecular weight is 290 g/mol. The van der Waals surface area contributed by atoms with Crippen molar-refractivity contribution in [3.05, 3.63) is 71.3 Å². The van der Waals surface area contributed by atoms with E-state index in [-0.39, 0.29) is 52.9 Å². The van der Waals surface area contributed by atoms with E-state index in [0.717, 1.165) is 0 Å². The van der Waals surface area contributed by atoms with Crippen LogP contribution >= 0.6 is 0 Å². The van der Waals surface area contributed by atoms with Crippen molar-refractivity contribution >= 4 is 17.5 Å². The summed E-state index contributed by atoms with van der Waals surface area (Å²) < 4.78 is 0. The summed E-state index contributed by atoms with van der Waals surface area (Å²) in [5.41, 5.74) is 0.224. The van der Waals surface area contributed by atoms with Gasteiger partial charge in [-0.3, -0.25) is 9.59 Å². The Kier molecular flexibility index (Phi) is 6.49. The number of benzene rings is 2.